The van der Waals surface area contributed by atoms with Gasteiger partial charge in [-0.15, -0.1) is 0 Å². The van der Waals surface area contributed by atoms with E-state index >= 15 is 0 Å². The topological polar surface area (TPSA) is 59.5 Å². The fourth-order valence-corrected chi connectivity index (χ4v) is 2.48. The Bertz CT molecular complexity index is 502. The molecule has 0 aliphatic carbocycles. The predicted molar refractivity (Wildman–Crippen MR) is 74.2 cm³/mol. The number of hydrogen-bond donors (Lipinski definition) is 0. The van der Waals surface area contributed by atoms with Gasteiger partial charge in [0.25, 0.3) is 5.91 Å². The van der Waals surface area contributed by atoms with Crippen molar-refractivity contribution in [2.24, 2.45) is 5.92 Å². The van der Waals surface area contributed by atoms with Crippen LogP contribution in [0.15, 0.2) is 18.3 Å². The van der Waals surface area contributed by atoms with Gasteiger partial charge in [0.05, 0.1) is 12.5 Å². The van der Waals surface area contributed by atoms with Crippen molar-refractivity contribution in [3.63, 3.8) is 0 Å². The van der Waals surface area contributed by atoms with Gasteiger partial charge in [0, 0.05) is 30.5 Å². The van der Waals surface area contributed by atoms with E-state index in [0.29, 0.717) is 25.3 Å². The van der Waals surface area contributed by atoms with Crippen LogP contribution in [0.4, 0.5) is 0 Å². The van der Waals surface area contributed by atoms with Gasteiger partial charge in [-0.2, -0.15) is 0 Å². The zero-order chi connectivity index (χ0) is 14.5. The van der Waals surface area contributed by atoms with Gasteiger partial charge < -0.3 is 9.64 Å². The van der Waals surface area contributed by atoms with Crippen molar-refractivity contribution in [3.05, 3.63) is 29.6 Å². The quantitative estimate of drug-likeness (QED) is 0.790. The number of ether oxygens (including phenoxy) is 1. The van der Waals surface area contributed by atoms with Crippen LogP contribution in [-0.2, 0) is 9.53 Å². The molecule has 0 aromatic carbocycles. The van der Waals surface area contributed by atoms with Gasteiger partial charge in [-0.3, -0.25) is 14.6 Å². The van der Waals surface area contributed by atoms with E-state index in [1.165, 1.54) is 0 Å². The monoisotopic (exact) mass is 276 g/mol. The molecule has 1 aliphatic heterocycles. The van der Waals surface area contributed by atoms with Crippen LogP contribution in [0.25, 0.3) is 0 Å². The summed E-state index contributed by atoms with van der Waals surface area (Å²) >= 11 is 0. The maximum Gasteiger partial charge on any atom is 0.310 e. The van der Waals surface area contributed by atoms with Crippen molar-refractivity contribution >= 4 is 11.9 Å². The molecule has 1 amide bonds. The van der Waals surface area contributed by atoms with Gasteiger partial charge in [0.1, 0.15) is 0 Å². The second-order valence-corrected chi connectivity index (χ2v) is 5.03. The molecule has 2 rings (SSSR count). The van der Waals surface area contributed by atoms with Crippen molar-refractivity contribution in [3.8, 4) is 0 Å². The average molecular weight is 276 g/mol. The Hall–Kier alpha value is -1.91. The summed E-state index contributed by atoms with van der Waals surface area (Å²) in [6, 6.07) is 3.49. The highest BCUT2D eigenvalue weighted by Crippen LogP contribution is 2.20. The van der Waals surface area contributed by atoms with Gasteiger partial charge in [0.2, 0.25) is 0 Å². The van der Waals surface area contributed by atoms with Crippen LogP contribution in [-0.4, -0.2) is 41.5 Å². The molecular formula is C15H20N2O3. The highest BCUT2D eigenvalue weighted by molar-refractivity contribution is 5.94. The van der Waals surface area contributed by atoms with Crippen molar-refractivity contribution in [2.45, 2.75) is 26.7 Å². The summed E-state index contributed by atoms with van der Waals surface area (Å²) < 4.78 is 5.05. The Morgan fingerprint density at radius 1 is 1.50 bits per heavy atom. The summed E-state index contributed by atoms with van der Waals surface area (Å²) in [5.41, 5.74) is 1.44. The zero-order valence-corrected chi connectivity index (χ0v) is 12.0. The smallest absolute Gasteiger partial charge is 0.310 e. The fraction of sp³-hybridized carbons (Fsp3) is 0.533. The molecule has 1 unspecified atom stereocenters. The van der Waals surface area contributed by atoms with E-state index in [1.807, 2.05) is 6.92 Å². The number of hydrogen-bond acceptors (Lipinski definition) is 4. The lowest BCUT2D eigenvalue weighted by Crippen LogP contribution is -2.42. The van der Waals surface area contributed by atoms with Crippen molar-refractivity contribution < 1.29 is 14.3 Å². The van der Waals surface area contributed by atoms with E-state index in [1.54, 1.807) is 30.2 Å². The minimum absolute atomic E-state index is 0.0375. The van der Waals surface area contributed by atoms with Gasteiger partial charge in [0.15, 0.2) is 0 Å². The Labute approximate surface area is 118 Å². The minimum Gasteiger partial charge on any atom is -0.466 e. The third-order valence-electron chi connectivity index (χ3n) is 3.47. The van der Waals surface area contributed by atoms with E-state index in [0.717, 1.165) is 18.5 Å². The summed E-state index contributed by atoms with van der Waals surface area (Å²) in [5.74, 6) is -0.434. The molecule has 0 bridgehead atoms. The third kappa shape index (κ3) is 3.35. The molecule has 1 atom stereocenters. The molecule has 2 heterocycles. The van der Waals surface area contributed by atoms with E-state index in [9.17, 15) is 9.59 Å². The first kappa shape index (κ1) is 14.5. The molecule has 20 heavy (non-hydrogen) atoms. The van der Waals surface area contributed by atoms with E-state index in [2.05, 4.69) is 4.98 Å². The van der Waals surface area contributed by atoms with Gasteiger partial charge in [-0.1, -0.05) is 0 Å². The third-order valence-corrected chi connectivity index (χ3v) is 3.47. The van der Waals surface area contributed by atoms with Crippen LogP contribution in [0.2, 0.25) is 0 Å². The molecular weight excluding hydrogens is 256 g/mol. The summed E-state index contributed by atoms with van der Waals surface area (Å²) in [4.78, 5) is 30.0. The predicted octanol–water partition coefficient (Wildman–Crippen LogP) is 1.81. The lowest BCUT2D eigenvalue weighted by atomic mass is 9.97. The number of rotatable bonds is 3. The van der Waals surface area contributed by atoms with E-state index in [-0.39, 0.29) is 17.8 Å². The molecule has 1 aromatic rings. The SMILES string of the molecule is CCOC(=O)C1CCCN(C(=O)c2ccnc(C)c2)C1. The van der Waals surface area contributed by atoms with Crippen molar-refractivity contribution in [2.75, 3.05) is 19.7 Å². The molecule has 1 fully saturated rings. The number of amides is 1. The molecule has 5 nitrogen and oxygen atoms in total. The fourth-order valence-electron chi connectivity index (χ4n) is 2.48. The first-order valence-electron chi connectivity index (χ1n) is 7.00. The zero-order valence-electron chi connectivity index (χ0n) is 12.0. The number of aromatic nitrogens is 1. The van der Waals surface area contributed by atoms with Gasteiger partial charge in [-0.05, 0) is 38.8 Å². The molecule has 5 heteroatoms. The van der Waals surface area contributed by atoms with Crippen LogP contribution in [0.1, 0.15) is 35.8 Å². The molecule has 0 N–H and O–H groups in total. The lowest BCUT2D eigenvalue weighted by molar-refractivity contribution is -0.149. The van der Waals surface area contributed by atoms with Crippen LogP contribution in [0.5, 0.6) is 0 Å². The van der Waals surface area contributed by atoms with Gasteiger partial charge in [-0.25, -0.2) is 0 Å². The number of pyridine rings is 1. The van der Waals surface area contributed by atoms with E-state index in [4.69, 9.17) is 4.74 Å². The maximum atomic E-state index is 12.4. The standard InChI is InChI=1S/C15H20N2O3/c1-3-20-15(19)13-5-4-8-17(10-13)14(18)12-6-7-16-11(2)9-12/h6-7,9,13H,3-5,8,10H2,1-2H3. The number of piperidine rings is 1. The van der Waals surface area contributed by atoms with Crippen LogP contribution in [0, 0.1) is 12.8 Å². The lowest BCUT2D eigenvalue weighted by Gasteiger charge is -2.31. The van der Waals surface area contributed by atoms with Crippen molar-refractivity contribution in [1.29, 1.82) is 0 Å². The Morgan fingerprint density at radius 3 is 3.00 bits per heavy atom. The van der Waals surface area contributed by atoms with Crippen LogP contribution >= 0.6 is 0 Å². The second-order valence-electron chi connectivity index (χ2n) is 5.03. The summed E-state index contributed by atoms with van der Waals surface area (Å²) in [6.45, 7) is 5.17. The highest BCUT2D eigenvalue weighted by Gasteiger charge is 2.29. The Kier molecular flexibility index (Phi) is 4.71. The van der Waals surface area contributed by atoms with Crippen molar-refractivity contribution in [1.82, 2.24) is 9.88 Å². The molecule has 0 spiro atoms. The highest BCUT2D eigenvalue weighted by atomic mass is 16.5. The molecule has 0 saturated carbocycles. The number of aryl methyl sites for hydroxylation is 1. The Balaban J connectivity index is 2.05. The van der Waals surface area contributed by atoms with Gasteiger partial charge >= 0.3 is 5.97 Å². The van der Waals surface area contributed by atoms with E-state index < -0.39 is 0 Å². The molecule has 0 radical (unpaired) electrons. The normalized spacial score (nSPS) is 18.7. The number of carbonyl (C=O) groups is 2. The molecule has 1 saturated heterocycles. The number of nitrogens with zero attached hydrogens (tertiary/aromatic N) is 2. The molecule has 1 aliphatic rings. The average Bonchev–Trinajstić information content (AvgIpc) is 2.47. The van der Waals surface area contributed by atoms with Crippen LogP contribution < -0.4 is 0 Å². The first-order valence-corrected chi connectivity index (χ1v) is 7.00. The molecule has 108 valence electrons. The first-order chi connectivity index (χ1) is 9.61. The number of likely N-dealkylation sites (tertiary alicyclic amines) is 1. The maximum absolute atomic E-state index is 12.4. The second kappa shape index (κ2) is 6.50. The summed E-state index contributed by atoms with van der Waals surface area (Å²) in [6.07, 6.45) is 3.26. The number of esters is 1. The van der Waals surface area contributed by atoms with Crippen LogP contribution in [0.3, 0.4) is 0 Å². The molecule has 1 aromatic heterocycles. The Morgan fingerprint density at radius 2 is 2.30 bits per heavy atom. The summed E-state index contributed by atoms with van der Waals surface area (Å²) in [7, 11) is 0. The minimum atomic E-state index is -0.199. The summed E-state index contributed by atoms with van der Waals surface area (Å²) in [5, 5.41) is 0. The largest absolute Gasteiger partial charge is 0.466 e. The number of carbonyl (C=O) groups excluding carboxylic acids is 2.